The van der Waals surface area contributed by atoms with Crippen LogP contribution in [-0.4, -0.2) is 27.4 Å². The lowest BCUT2D eigenvalue weighted by molar-refractivity contribution is 0.0691. The molecule has 100 valence electrons. The van der Waals surface area contributed by atoms with Gasteiger partial charge >= 0.3 is 5.97 Å². The van der Waals surface area contributed by atoms with E-state index >= 15 is 0 Å². The number of aromatic hydroxyl groups is 1. The molecule has 0 atom stereocenters. The molecule has 0 aliphatic carbocycles. The molecular weight excluding hydrogens is 296 g/mol. The van der Waals surface area contributed by atoms with Crippen molar-refractivity contribution in [3.05, 3.63) is 40.2 Å². The van der Waals surface area contributed by atoms with E-state index in [0.29, 0.717) is 10.0 Å². The lowest BCUT2D eigenvalue weighted by Gasteiger charge is -1.89. The zero-order valence-corrected chi connectivity index (χ0v) is 11.6. The Balaban J connectivity index is 1.93. The predicted octanol–water partition coefficient (Wildman–Crippen LogP) is 3.51. The first kappa shape index (κ1) is 12.8. The molecule has 0 aliphatic heterocycles. The minimum absolute atomic E-state index is 0.0253. The molecular formula is C13H8N2O3S2. The van der Waals surface area contributed by atoms with Crippen LogP contribution in [0.1, 0.15) is 15.4 Å². The highest BCUT2D eigenvalue weighted by atomic mass is 32.1. The van der Waals surface area contributed by atoms with Gasteiger partial charge in [0.05, 0.1) is 11.1 Å². The molecule has 5 nitrogen and oxygen atoms in total. The molecule has 0 radical (unpaired) electrons. The predicted molar refractivity (Wildman–Crippen MR) is 79.8 cm³/mol. The molecule has 0 saturated heterocycles. The third-order valence-electron chi connectivity index (χ3n) is 2.60. The molecule has 3 rings (SSSR count). The third-order valence-corrected chi connectivity index (χ3v) is 4.44. The van der Waals surface area contributed by atoms with Crippen LogP contribution in [0.5, 0.6) is 5.75 Å². The highest BCUT2D eigenvalue weighted by Gasteiger charge is 2.10. The van der Waals surface area contributed by atoms with Crippen LogP contribution in [0, 0.1) is 0 Å². The Bertz CT molecular complexity index is 820. The first-order valence-electron chi connectivity index (χ1n) is 5.58. The number of aliphatic imine (C=N–C) groups is 1. The zero-order valence-electron chi connectivity index (χ0n) is 9.98. The molecule has 0 fully saturated rings. The molecule has 0 spiro atoms. The van der Waals surface area contributed by atoms with Crippen molar-refractivity contribution in [2.75, 3.05) is 0 Å². The number of hydrogen-bond donors (Lipinski definition) is 2. The molecule has 0 unspecified atom stereocenters. The van der Waals surface area contributed by atoms with Gasteiger partial charge in [0.25, 0.3) is 0 Å². The number of fused-ring (bicyclic) bond motifs is 1. The minimum atomic E-state index is -1.08. The summed E-state index contributed by atoms with van der Waals surface area (Å²) in [7, 11) is 0. The maximum absolute atomic E-state index is 10.7. The summed E-state index contributed by atoms with van der Waals surface area (Å²) in [5, 5.41) is 21.4. The summed E-state index contributed by atoms with van der Waals surface area (Å²) in [5.41, 5.74) is -0.0253. The second kappa shape index (κ2) is 5.03. The van der Waals surface area contributed by atoms with Crippen molar-refractivity contribution in [2.24, 2.45) is 4.99 Å². The van der Waals surface area contributed by atoms with E-state index in [1.807, 2.05) is 24.3 Å². The standard InChI is InChI=1S/C13H8N2O3S2/c16-11-7-3-1-2-4-9(7)20-10(11)5-14-13-15-8(6-19-13)12(17)18/h1-6,16H,(H,17,18). The summed E-state index contributed by atoms with van der Waals surface area (Å²) in [6.07, 6.45) is 1.50. The van der Waals surface area contributed by atoms with Gasteiger partial charge in [-0.05, 0) is 12.1 Å². The van der Waals surface area contributed by atoms with Gasteiger partial charge in [0.15, 0.2) is 5.69 Å². The maximum Gasteiger partial charge on any atom is 0.355 e. The summed E-state index contributed by atoms with van der Waals surface area (Å²) < 4.78 is 0.969. The van der Waals surface area contributed by atoms with Crippen LogP contribution < -0.4 is 0 Å². The van der Waals surface area contributed by atoms with E-state index in [2.05, 4.69) is 9.98 Å². The molecule has 2 N–H and O–H groups in total. The Morgan fingerprint density at radius 1 is 1.35 bits per heavy atom. The normalized spacial score (nSPS) is 11.4. The summed E-state index contributed by atoms with van der Waals surface area (Å²) >= 11 is 2.56. The average molecular weight is 304 g/mol. The Kier molecular flexibility index (Phi) is 3.21. The molecule has 20 heavy (non-hydrogen) atoms. The first-order chi connectivity index (χ1) is 9.65. The van der Waals surface area contributed by atoms with Crippen LogP contribution in [0.3, 0.4) is 0 Å². The second-order valence-electron chi connectivity index (χ2n) is 3.89. The monoisotopic (exact) mass is 304 g/mol. The van der Waals surface area contributed by atoms with E-state index in [-0.39, 0.29) is 11.4 Å². The lowest BCUT2D eigenvalue weighted by Crippen LogP contribution is -1.94. The number of rotatable bonds is 3. The van der Waals surface area contributed by atoms with Gasteiger partial charge in [-0.1, -0.05) is 12.1 Å². The van der Waals surface area contributed by atoms with Crippen molar-refractivity contribution in [1.82, 2.24) is 4.98 Å². The molecule has 0 bridgehead atoms. The molecule has 7 heteroatoms. The van der Waals surface area contributed by atoms with Crippen molar-refractivity contribution in [3.63, 3.8) is 0 Å². The highest BCUT2D eigenvalue weighted by molar-refractivity contribution is 7.21. The van der Waals surface area contributed by atoms with Gasteiger partial charge < -0.3 is 10.2 Å². The van der Waals surface area contributed by atoms with Crippen LogP contribution in [0.4, 0.5) is 5.13 Å². The van der Waals surface area contributed by atoms with Crippen LogP contribution >= 0.6 is 22.7 Å². The van der Waals surface area contributed by atoms with Crippen molar-refractivity contribution < 1.29 is 15.0 Å². The summed E-state index contributed by atoms with van der Waals surface area (Å²) in [6.45, 7) is 0. The fourth-order valence-corrected chi connectivity index (χ4v) is 3.28. The molecule has 0 amide bonds. The number of thiophene rings is 1. The quantitative estimate of drug-likeness (QED) is 0.725. The zero-order chi connectivity index (χ0) is 14.1. The molecule has 2 heterocycles. The van der Waals surface area contributed by atoms with Crippen molar-refractivity contribution >= 4 is 50.1 Å². The van der Waals surface area contributed by atoms with E-state index in [1.54, 1.807) is 0 Å². The Hall–Kier alpha value is -2.25. The van der Waals surface area contributed by atoms with Gasteiger partial charge in [-0.25, -0.2) is 14.8 Å². The van der Waals surface area contributed by atoms with Crippen molar-refractivity contribution in [2.45, 2.75) is 0 Å². The van der Waals surface area contributed by atoms with E-state index in [1.165, 1.54) is 22.9 Å². The van der Waals surface area contributed by atoms with Crippen molar-refractivity contribution in [3.8, 4) is 5.75 Å². The average Bonchev–Trinajstić information content (AvgIpc) is 3.03. The number of carboxylic acid groups (broad SMARTS) is 1. The number of aromatic nitrogens is 1. The van der Waals surface area contributed by atoms with Gasteiger partial charge in [-0.3, -0.25) is 0 Å². The van der Waals surface area contributed by atoms with Gasteiger partial charge in [0, 0.05) is 15.5 Å². The van der Waals surface area contributed by atoms with E-state index in [0.717, 1.165) is 21.4 Å². The Labute approximate surface area is 121 Å². The largest absolute Gasteiger partial charge is 0.506 e. The number of thiazole rings is 1. The maximum atomic E-state index is 10.7. The van der Waals surface area contributed by atoms with Crippen LogP contribution in [-0.2, 0) is 0 Å². The molecule has 0 aliphatic rings. The van der Waals surface area contributed by atoms with Gasteiger partial charge in [-0.2, -0.15) is 0 Å². The summed E-state index contributed by atoms with van der Waals surface area (Å²) in [6, 6.07) is 7.52. The minimum Gasteiger partial charge on any atom is -0.506 e. The third kappa shape index (κ3) is 2.28. The lowest BCUT2D eigenvalue weighted by atomic mass is 10.2. The number of nitrogens with zero attached hydrogens (tertiary/aromatic N) is 2. The van der Waals surface area contributed by atoms with Crippen LogP contribution in [0.25, 0.3) is 10.1 Å². The summed E-state index contributed by atoms with van der Waals surface area (Å²) in [4.78, 5) is 19.3. The number of benzene rings is 1. The van der Waals surface area contributed by atoms with Crippen molar-refractivity contribution in [1.29, 1.82) is 0 Å². The molecule has 3 aromatic rings. The number of aromatic carboxylic acids is 1. The van der Waals surface area contributed by atoms with Gasteiger partial charge in [0.2, 0.25) is 5.13 Å². The summed E-state index contributed by atoms with van der Waals surface area (Å²) in [5.74, 6) is -0.892. The molecule has 2 aromatic heterocycles. The van der Waals surface area contributed by atoms with Gasteiger partial charge in [0.1, 0.15) is 5.75 Å². The highest BCUT2D eigenvalue weighted by Crippen LogP contribution is 2.35. The SMILES string of the molecule is O=C(O)c1csc(N=Cc2sc3ccccc3c2O)n1. The number of carboxylic acids is 1. The smallest absolute Gasteiger partial charge is 0.355 e. The second-order valence-corrected chi connectivity index (χ2v) is 5.81. The topological polar surface area (TPSA) is 82.8 Å². The van der Waals surface area contributed by atoms with E-state index in [9.17, 15) is 9.90 Å². The Morgan fingerprint density at radius 3 is 2.85 bits per heavy atom. The molecule has 1 aromatic carbocycles. The van der Waals surface area contributed by atoms with E-state index in [4.69, 9.17) is 5.11 Å². The Morgan fingerprint density at radius 2 is 2.15 bits per heavy atom. The first-order valence-corrected chi connectivity index (χ1v) is 7.28. The van der Waals surface area contributed by atoms with E-state index < -0.39 is 5.97 Å². The number of carbonyl (C=O) groups is 1. The fraction of sp³-hybridized carbons (Fsp3) is 0. The van der Waals surface area contributed by atoms with Crippen LogP contribution in [0.2, 0.25) is 0 Å². The number of hydrogen-bond acceptors (Lipinski definition) is 6. The molecule has 0 saturated carbocycles. The fourth-order valence-electron chi connectivity index (χ4n) is 1.67. The van der Waals surface area contributed by atoms with Crippen LogP contribution in [0.15, 0.2) is 34.6 Å². The van der Waals surface area contributed by atoms with Gasteiger partial charge in [-0.15, -0.1) is 22.7 Å².